The van der Waals surface area contributed by atoms with E-state index in [4.69, 9.17) is 17.3 Å². The van der Waals surface area contributed by atoms with Gasteiger partial charge in [-0.1, -0.05) is 25.4 Å². The minimum absolute atomic E-state index is 0.271. The number of carbonyl (C=O) groups is 1. The molecule has 154 valence electrons. The van der Waals surface area contributed by atoms with Crippen LogP contribution in [0.5, 0.6) is 0 Å². The Morgan fingerprint density at radius 1 is 1.34 bits per heavy atom. The number of amides is 1. The number of aliphatic imine (C=N–C) groups is 1. The molecule has 0 radical (unpaired) electrons. The van der Waals surface area contributed by atoms with Gasteiger partial charge in [0, 0.05) is 55.8 Å². The molecular formula is C22H28ClN5O. The van der Waals surface area contributed by atoms with Gasteiger partial charge in [-0.3, -0.25) is 14.8 Å². The molecule has 29 heavy (non-hydrogen) atoms. The molecule has 0 aliphatic carbocycles. The third-order valence-electron chi connectivity index (χ3n) is 5.16. The van der Waals surface area contributed by atoms with E-state index in [2.05, 4.69) is 28.8 Å². The number of fused-ring (bicyclic) bond motifs is 1. The van der Waals surface area contributed by atoms with Gasteiger partial charge in [0.25, 0.3) is 0 Å². The molecule has 0 unspecified atom stereocenters. The molecule has 1 aliphatic rings. The van der Waals surface area contributed by atoms with Gasteiger partial charge in [-0.15, -0.1) is 0 Å². The zero-order valence-corrected chi connectivity index (χ0v) is 17.8. The van der Waals surface area contributed by atoms with Crippen LogP contribution in [-0.4, -0.2) is 46.6 Å². The second-order valence-electron chi connectivity index (χ2n) is 7.93. The van der Waals surface area contributed by atoms with Crippen molar-refractivity contribution in [3.05, 3.63) is 41.3 Å². The molecule has 0 aromatic carbocycles. The molecule has 1 fully saturated rings. The number of carbonyl (C=O) groups excluding carboxylic acids is 1. The van der Waals surface area contributed by atoms with Crippen molar-refractivity contribution in [3.63, 3.8) is 0 Å². The van der Waals surface area contributed by atoms with E-state index in [1.807, 2.05) is 17.0 Å². The molecule has 1 aliphatic heterocycles. The van der Waals surface area contributed by atoms with E-state index in [1.165, 1.54) is 6.20 Å². The summed E-state index contributed by atoms with van der Waals surface area (Å²) < 4.78 is 0. The highest BCUT2D eigenvalue weighted by Crippen LogP contribution is 2.21. The van der Waals surface area contributed by atoms with Gasteiger partial charge in [-0.05, 0) is 42.9 Å². The van der Waals surface area contributed by atoms with Crippen LogP contribution in [0.3, 0.4) is 0 Å². The van der Waals surface area contributed by atoms with Gasteiger partial charge < -0.3 is 10.6 Å². The number of allylic oxidation sites excluding steroid dienone is 1. The van der Waals surface area contributed by atoms with Crippen molar-refractivity contribution in [2.75, 3.05) is 19.6 Å². The van der Waals surface area contributed by atoms with Crippen LogP contribution in [0.2, 0.25) is 5.15 Å². The molecule has 1 saturated heterocycles. The first-order valence-corrected chi connectivity index (χ1v) is 10.5. The largest absolute Gasteiger partial charge is 0.404 e. The minimum atomic E-state index is 0.271. The number of piperidine rings is 1. The normalized spacial score (nSPS) is 16.3. The summed E-state index contributed by atoms with van der Waals surface area (Å²) >= 11 is 5.98. The summed E-state index contributed by atoms with van der Waals surface area (Å²) in [5.74, 6) is 1.17. The first kappa shape index (κ1) is 21.2. The maximum Gasteiger partial charge on any atom is 0.222 e. The lowest BCUT2D eigenvalue weighted by atomic mass is 9.96. The van der Waals surface area contributed by atoms with E-state index in [0.29, 0.717) is 23.4 Å². The monoisotopic (exact) mass is 413 g/mol. The quantitative estimate of drug-likeness (QED) is 0.574. The Morgan fingerprint density at radius 2 is 2.10 bits per heavy atom. The van der Waals surface area contributed by atoms with E-state index in [-0.39, 0.29) is 5.91 Å². The zero-order valence-electron chi connectivity index (χ0n) is 17.0. The van der Waals surface area contributed by atoms with Crippen molar-refractivity contribution < 1.29 is 4.79 Å². The second-order valence-corrected chi connectivity index (χ2v) is 8.32. The zero-order chi connectivity index (χ0) is 20.8. The first-order chi connectivity index (χ1) is 14.0. The van der Waals surface area contributed by atoms with E-state index >= 15 is 0 Å². The predicted molar refractivity (Wildman–Crippen MR) is 119 cm³/mol. The number of nitrogens with two attached hydrogens (primary N) is 1. The van der Waals surface area contributed by atoms with Crippen LogP contribution in [0, 0.1) is 11.8 Å². The fourth-order valence-electron chi connectivity index (χ4n) is 3.50. The van der Waals surface area contributed by atoms with Gasteiger partial charge in [-0.25, -0.2) is 4.98 Å². The Kier molecular flexibility index (Phi) is 7.20. The van der Waals surface area contributed by atoms with E-state index < -0.39 is 0 Å². The smallest absolute Gasteiger partial charge is 0.222 e. The van der Waals surface area contributed by atoms with Crippen LogP contribution in [0.15, 0.2) is 35.6 Å². The second kappa shape index (κ2) is 9.83. The summed E-state index contributed by atoms with van der Waals surface area (Å²) in [6.45, 7) is 6.54. The van der Waals surface area contributed by atoms with Crippen LogP contribution in [-0.2, 0) is 4.79 Å². The highest BCUT2D eigenvalue weighted by Gasteiger charge is 2.22. The Balaban J connectivity index is 1.56. The lowest BCUT2D eigenvalue weighted by Gasteiger charge is -2.31. The lowest BCUT2D eigenvalue weighted by Crippen LogP contribution is -2.39. The molecule has 0 atom stereocenters. The molecule has 3 rings (SSSR count). The summed E-state index contributed by atoms with van der Waals surface area (Å²) in [6.07, 6.45) is 7.70. The molecular weight excluding hydrogens is 386 g/mol. The molecule has 0 saturated carbocycles. The molecule has 2 aromatic rings. The van der Waals surface area contributed by atoms with Crippen molar-refractivity contribution >= 4 is 40.3 Å². The average Bonchev–Trinajstić information content (AvgIpc) is 2.70. The molecule has 2 N–H and O–H groups in total. The molecule has 6 nitrogen and oxygen atoms in total. The molecule has 2 aromatic heterocycles. The van der Waals surface area contributed by atoms with E-state index in [1.54, 1.807) is 18.5 Å². The Morgan fingerprint density at radius 3 is 2.79 bits per heavy atom. The molecule has 3 heterocycles. The van der Waals surface area contributed by atoms with Crippen LogP contribution in [0.25, 0.3) is 16.6 Å². The predicted octanol–water partition coefficient (Wildman–Crippen LogP) is 3.94. The van der Waals surface area contributed by atoms with E-state index in [9.17, 15) is 4.79 Å². The highest BCUT2D eigenvalue weighted by molar-refractivity contribution is 6.29. The number of hydrogen-bond donors (Lipinski definition) is 1. The number of pyridine rings is 2. The molecule has 7 heteroatoms. The van der Waals surface area contributed by atoms with Crippen LogP contribution >= 0.6 is 11.6 Å². The number of halogens is 1. The average molecular weight is 414 g/mol. The van der Waals surface area contributed by atoms with Crippen LogP contribution < -0.4 is 5.73 Å². The number of likely N-dealkylation sites (tertiary alicyclic amines) is 1. The van der Waals surface area contributed by atoms with Crippen molar-refractivity contribution in [1.82, 2.24) is 14.9 Å². The van der Waals surface area contributed by atoms with Crippen molar-refractivity contribution in [2.24, 2.45) is 22.6 Å². The maximum absolute atomic E-state index is 12.2. The van der Waals surface area contributed by atoms with Crippen molar-refractivity contribution in [1.29, 1.82) is 0 Å². The van der Waals surface area contributed by atoms with Crippen molar-refractivity contribution in [2.45, 2.75) is 33.1 Å². The first-order valence-electron chi connectivity index (χ1n) is 10.1. The van der Waals surface area contributed by atoms with Crippen LogP contribution in [0.4, 0.5) is 0 Å². The SMILES string of the molecule is CC(C)CC(=O)N1CCC(CN=CC(=CN)c2cnc3ccc(Cl)nc3c2)CC1. The number of aromatic nitrogens is 2. The fourth-order valence-corrected chi connectivity index (χ4v) is 3.65. The van der Waals surface area contributed by atoms with Gasteiger partial charge >= 0.3 is 0 Å². The summed E-state index contributed by atoms with van der Waals surface area (Å²) in [7, 11) is 0. The fraction of sp³-hybridized carbons (Fsp3) is 0.455. The Labute approximate surface area is 176 Å². The van der Waals surface area contributed by atoms with Gasteiger partial charge in [0.05, 0.1) is 11.0 Å². The molecule has 1 amide bonds. The third kappa shape index (κ3) is 5.76. The standard InChI is InChI=1S/C22H28ClN5O/c1-15(2)9-22(29)28-7-5-16(6-8-28)12-25-13-18(11-24)17-10-20-19(26-14-17)3-4-21(23)27-20/h3-4,10-11,13-16H,5-9,12,24H2,1-2H3. The topological polar surface area (TPSA) is 84.5 Å². The van der Waals surface area contributed by atoms with Gasteiger partial charge in [0.2, 0.25) is 5.91 Å². The Hall–Kier alpha value is -2.47. The highest BCUT2D eigenvalue weighted by atomic mass is 35.5. The number of hydrogen-bond acceptors (Lipinski definition) is 5. The van der Waals surface area contributed by atoms with Crippen molar-refractivity contribution in [3.8, 4) is 0 Å². The van der Waals surface area contributed by atoms with Gasteiger partial charge in [0.15, 0.2) is 0 Å². The summed E-state index contributed by atoms with van der Waals surface area (Å²) in [6, 6.07) is 5.48. The molecule has 0 spiro atoms. The van der Waals surface area contributed by atoms with E-state index in [0.717, 1.165) is 54.6 Å². The summed E-state index contributed by atoms with van der Waals surface area (Å²) in [5, 5.41) is 0.432. The Bertz CT molecular complexity index is 917. The number of rotatable bonds is 6. The molecule has 0 bridgehead atoms. The summed E-state index contributed by atoms with van der Waals surface area (Å²) in [5.41, 5.74) is 8.97. The van der Waals surface area contributed by atoms with Gasteiger partial charge in [-0.2, -0.15) is 0 Å². The maximum atomic E-state index is 12.2. The minimum Gasteiger partial charge on any atom is -0.404 e. The lowest BCUT2D eigenvalue weighted by molar-refractivity contribution is -0.133. The van der Waals surface area contributed by atoms with Crippen LogP contribution in [0.1, 0.15) is 38.7 Å². The third-order valence-corrected chi connectivity index (χ3v) is 5.37. The van der Waals surface area contributed by atoms with Gasteiger partial charge in [0.1, 0.15) is 5.15 Å². The number of nitrogens with zero attached hydrogens (tertiary/aromatic N) is 4. The summed E-state index contributed by atoms with van der Waals surface area (Å²) in [4.78, 5) is 27.5.